The Balaban J connectivity index is 0. The minimum absolute atomic E-state index is 0. The monoisotopic (exact) mass is 99.0 g/mol. The van der Waals surface area contributed by atoms with E-state index in [9.17, 15) is 0 Å². The molecule has 0 rings (SSSR count). The van der Waals surface area contributed by atoms with Gasteiger partial charge >= 0.3 is 0 Å². The second kappa shape index (κ2) is 9.68. The van der Waals surface area contributed by atoms with Crippen molar-refractivity contribution in [2.24, 2.45) is 0 Å². The van der Waals surface area contributed by atoms with Crippen LogP contribution in [0.2, 0.25) is 0 Å². The maximum Gasteiger partial charge on any atom is 0 e. The number of rotatable bonds is 0. The van der Waals surface area contributed by atoms with Crippen LogP contribution in [0.15, 0.2) is 0 Å². The van der Waals surface area contributed by atoms with Crippen molar-refractivity contribution in [3.63, 3.8) is 0 Å². The molecule has 0 aromatic rings. The van der Waals surface area contributed by atoms with Gasteiger partial charge in [0, 0.05) is 17.1 Å². The maximum atomic E-state index is 3.49. The molecule has 0 fully saturated rings. The third kappa shape index (κ3) is 21.6. The SMILES string of the molecule is [CH2-]CC.[Fe]. The van der Waals surface area contributed by atoms with E-state index in [1.807, 2.05) is 6.92 Å². The number of hydrogen-bond acceptors (Lipinski definition) is 0. The van der Waals surface area contributed by atoms with E-state index in [0.29, 0.717) is 0 Å². The summed E-state index contributed by atoms with van der Waals surface area (Å²) in [5.41, 5.74) is 0. The van der Waals surface area contributed by atoms with Crippen molar-refractivity contribution in [3.8, 4) is 0 Å². The zero-order valence-corrected chi connectivity index (χ0v) is 3.87. The van der Waals surface area contributed by atoms with Crippen LogP contribution in [0.5, 0.6) is 0 Å². The third-order valence-corrected chi connectivity index (χ3v) is 0. The van der Waals surface area contributed by atoms with Crippen LogP contribution < -0.4 is 0 Å². The van der Waals surface area contributed by atoms with Crippen LogP contribution in [-0.2, 0) is 17.1 Å². The van der Waals surface area contributed by atoms with E-state index in [2.05, 4.69) is 6.92 Å². The largest absolute Gasteiger partial charge is 0.344 e. The van der Waals surface area contributed by atoms with Gasteiger partial charge in [0.1, 0.15) is 0 Å². The summed E-state index contributed by atoms with van der Waals surface area (Å²) < 4.78 is 0. The molecule has 0 bridgehead atoms. The van der Waals surface area contributed by atoms with Crippen LogP contribution in [0.3, 0.4) is 0 Å². The van der Waals surface area contributed by atoms with Crippen LogP contribution in [0.4, 0.5) is 0 Å². The molecule has 0 aliphatic carbocycles. The molecule has 0 nitrogen and oxygen atoms in total. The molecule has 0 N–H and O–H groups in total. The summed E-state index contributed by atoms with van der Waals surface area (Å²) in [6.07, 6.45) is 1.00. The summed E-state index contributed by atoms with van der Waals surface area (Å²) in [6.45, 7) is 5.50. The van der Waals surface area contributed by atoms with Gasteiger partial charge < -0.3 is 6.92 Å². The van der Waals surface area contributed by atoms with E-state index in [-0.39, 0.29) is 17.1 Å². The molecule has 0 saturated heterocycles. The molecule has 0 radical (unpaired) electrons. The Morgan fingerprint density at radius 3 is 1.75 bits per heavy atom. The predicted octanol–water partition coefficient (Wildman–Crippen LogP) is 1.23. The van der Waals surface area contributed by atoms with Gasteiger partial charge in [-0.3, -0.25) is 0 Å². The average molecular weight is 98.9 g/mol. The Hall–Kier alpha value is 0.519. The third-order valence-electron chi connectivity index (χ3n) is 0. The van der Waals surface area contributed by atoms with Gasteiger partial charge in [0.05, 0.1) is 0 Å². The summed E-state index contributed by atoms with van der Waals surface area (Å²) in [5.74, 6) is 0. The van der Waals surface area contributed by atoms with Crippen molar-refractivity contribution in [1.29, 1.82) is 0 Å². The molecule has 0 spiro atoms. The first-order valence-electron chi connectivity index (χ1n) is 1.21. The van der Waals surface area contributed by atoms with Gasteiger partial charge in [0.2, 0.25) is 0 Å². The fourth-order valence-electron chi connectivity index (χ4n) is 0. The summed E-state index contributed by atoms with van der Waals surface area (Å²) in [5, 5.41) is 0. The van der Waals surface area contributed by atoms with Crippen LogP contribution in [0.1, 0.15) is 13.3 Å². The molecule has 0 saturated carbocycles. The Kier molecular flexibility index (Phi) is 21.3. The van der Waals surface area contributed by atoms with Crippen molar-refractivity contribution in [2.75, 3.05) is 0 Å². The summed E-state index contributed by atoms with van der Waals surface area (Å²) in [6, 6.07) is 0. The fourth-order valence-corrected chi connectivity index (χ4v) is 0. The summed E-state index contributed by atoms with van der Waals surface area (Å²) in [4.78, 5) is 0. The van der Waals surface area contributed by atoms with Crippen molar-refractivity contribution in [2.45, 2.75) is 13.3 Å². The Morgan fingerprint density at radius 1 is 1.75 bits per heavy atom. The van der Waals surface area contributed by atoms with E-state index < -0.39 is 0 Å². The average Bonchev–Trinajstić information content (AvgIpc) is 0.918. The Bertz CT molecular complexity index is 3.25. The normalized spacial score (nSPS) is 4.50. The zero-order valence-electron chi connectivity index (χ0n) is 2.77. The molecule has 0 aromatic carbocycles. The topological polar surface area (TPSA) is 0 Å². The van der Waals surface area contributed by atoms with E-state index in [4.69, 9.17) is 0 Å². The van der Waals surface area contributed by atoms with Crippen molar-refractivity contribution in [1.82, 2.24) is 0 Å². The van der Waals surface area contributed by atoms with Gasteiger partial charge in [-0.25, -0.2) is 0 Å². The van der Waals surface area contributed by atoms with Gasteiger partial charge in [-0.1, -0.05) is 6.92 Å². The van der Waals surface area contributed by atoms with Crippen molar-refractivity contribution >= 4 is 0 Å². The predicted molar refractivity (Wildman–Crippen MR) is 15.6 cm³/mol. The minimum atomic E-state index is 0. The molecule has 0 unspecified atom stereocenters. The number of hydrogen-bond donors (Lipinski definition) is 0. The van der Waals surface area contributed by atoms with Crippen molar-refractivity contribution in [3.05, 3.63) is 6.92 Å². The smallest absolute Gasteiger partial charge is 0 e. The van der Waals surface area contributed by atoms with E-state index in [1.54, 1.807) is 0 Å². The molecule has 0 atom stereocenters. The van der Waals surface area contributed by atoms with Crippen LogP contribution >= 0.6 is 0 Å². The molecular weight excluding hydrogens is 91.9 g/mol. The van der Waals surface area contributed by atoms with Gasteiger partial charge in [-0.05, 0) is 0 Å². The van der Waals surface area contributed by atoms with E-state index in [0.717, 1.165) is 6.42 Å². The molecule has 4 heavy (non-hydrogen) atoms. The van der Waals surface area contributed by atoms with Gasteiger partial charge in [0.15, 0.2) is 0 Å². The van der Waals surface area contributed by atoms with Crippen LogP contribution in [0.25, 0.3) is 0 Å². The Morgan fingerprint density at radius 2 is 1.75 bits per heavy atom. The van der Waals surface area contributed by atoms with Gasteiger partial charge in [0.25, 0.3) is 0 Å². The van der Waals surface area contributed by atoms with E-state index >= 15 is 0 Å². The second-order valence-corrected chi connectivity index (χ2v) is 0.500. The van der Waals surface area contributed by atoms with Crippen LogP contribution in [-0.4, -0.2) is 0 Å². The Labute approximate surface area is 38.1 Å². The van der Waals surface area contributed by atoms with E-state index in [1.165, 1.54) is 0 Å². The second-order valence-electron chi connectivity index (χ2n) is 0.500. The molecule has 28 valence electrons. The maximum absolute atomic E-state index is 3.49. The summed E-state index contributed by atoms with van der Waals surface area (Å²) >= 11 is 0. The van der Waals surface area contributed by atoms with Crippen LogP contribution in [0, 0.1) is 6.92 Å². The van der Waals surface area contributed by atoms with Gasteiger partial charge in [-0.15, -0.1) is 0 Å². The van der Waals surface area contributed by atoms with Gasteiger partial charge in [-0.2, -0.15) is 6.42 Å². The molecule has 0 aliphatic rings. The molecule has 0 aliphatic heterocycles. The molecule has 1 heteroatoms. The molecule has 0 aromatic heterocycles. The molecular formula is C3H7Fe-. The standard InChI is InChI=1S/C3H7.Fe/c1-3-2;/h1,3H2,2H3;/q-1;. The first-order valence-corrected chi connectivity index (χ1v) is 1.21. The first kappa shape index (κ1) is 8.82. The molecule has 0 amide bonds. The molecule has 0 heterocycles. The quantitative estimate of drug-likeness (QED) is 0.316. The van der Waals surface area contributed by atoms with Crippen molar-refractivity contribution < 1.29 is 17.1 Å². The zero-order chi connectivity index (χ0) is 2.71. The summed E-state index contributed by atoms with van der Waals surface area (Å²) in [7, 11) is 0. The minimum Gasteiger partial charge on any atom is -0.344 e. The fraction of sp³-hybridized carbons (Fsp3) is 0.667. The first-order chi connectivity index (χ1) is 1.41.